The van der Waals surface area contributed by atoms with Crippen LogP contribution in [0.3, 0.4) is 0 Å². The molecule has 0 saturated carbocycles. The fourth-order valence-electron chi connectivity index (χ4n) is 3.01. The Morgan fingerprint density at radius 3 is 2.79 bits per heavy atom. The number of ether oxygens (including phenoxy) is 2. The van der Waals surface area contributed by atoms with Crippen molar-refractivity contribution < 1.29 is 14.6 Å². The normalized spacial score (nSPS) is 27.4. The minimum atomic E-state index is -0.852. The smallest absolute Gasteiger partial charge is 0.280 e. The molecule has 0 aromatic carbocycles. The van der Waals surface area contributed by atoms with E-state index in [1.165, 1.54) is 7.11 Å². The minimum Gasteiger partial charge on any atom is -0.387 e. The molecule has 3 rings (SSSR count). The zero-order chi connectivity index (χ0) is 17.6. The van der Waals surface area contributed by atoms with Gasteiger partial charge in [-0.25, -0.2) is 4.98 Å². The van der Waals surface area contributed by atoms with Gasteiger partial charge in [0.05, 0.1) is 6.10 Å². The van der Waals surface area contributed by atoms with Crippen molar-refractivity contribution in [3.8, 4) is 0 Å². The molecule has 1 saturated heterocycles. The second-order valence-electron chi connectivity index (χ2n) is 6.06. The Kier molecular flexibility index (Phi) is 4.56. The van der Waals surface area contributed by atoms with Gasteiger partial charge in [0.25, 0.3) is 5.56 Å². The van der Waals surface area contributed by atoms with Crippen LogP contribution >= 0.6 is 12.6 Å². The fourth-order valence-corrected chi connectivity index (χ4v) is 3.31. The zero-order valence-corrected chi connectivity index (χ0v) is 14.5. The second-order valence-corrected chi connectivity index (χ2v) is 6.42. The van der Waals surface area contributed by atoms with Crippen molar-refractivity contribution in [1.29, 1.82) is 0 Å². The van der Waals surface area contributed by atoms with Crippen LogP contribution in [0, 0.1) is 0 Å². The number of aliphatic hydroxyl groups is 1. The first-order valence-corrected chi connectivity index (χ1v) is 8.27. The lowest BCUT2D eigenvalue weighted by Crippen LogP contribution is -2.34. The predicted molar refractivity (Wildman–Crippen MR) is 91.2 cm³/mol. The molecule has 9 nitrogen and oxygen atoms in total. The number of nitrogens with two attached hydrogens (primary N) is 1. The molecule has 132 valence electrons. The average molecular weight is 355 g/mol. The van der Waals surface area contributed by atoms with Crippen LogP contribution in [0.5, 0.6) is 0 Å². The highest BCUT2D eigenvalue weighted by atomic mass is 32.1. The van der Waals surface area contributed by atoms with Gasteiger partial charge in [0, 0.05) is 18.8 Å². The summed E-state index contributed by atoms with van der Waals surface area (Å²) in [6, 6.07) is 0. The summed E-state index contributed by atoms with van der Waals surface area (Å²) in [5.74, 6) is 0.917. The van der Waals surface area contributed by atoms with Gasteiger partial charge in [-0.15, -0.1) is 0 Å². The molecule has 0 radical (unpaired) electrons. The highest BCUT2D eigenvalue weighted by Gasteiger charge is 2.46. The zero-order valence-electron chi connectivity index (χ0n) is 13.6. The van der Waals surface area contributed by atoms with Crippen LogP contribution in [0.15, 0.2) is 4.79 Å². The molecule has 0 bridgehead atoms. The molecule has 2 aromatic heterocycles. The molecule has 10 heteroatoms. The van der Waals surface area contributed by atoms with E-state index in [-0.39, 0.29) is 17.4 Å². The van der Waals surface area contributed by atoms with Crippen molar-refractivity contribution in [2.45, 2.75) is 44.3 Å². The molecule has 1 fully saturated rings. The molecule has 1 aliphatic rings. The molecule has 3 heterocycles. The van der Waals surface area contributed by atoms with Crippen LogP contribution in [0.2, 0.25) is 0 Å². The Morgan fingerprint density at radius 1 is 1.50 bits per heavy atom. The van der Waals surface area contributed by atoms with Crippen molar-refractivity contribution in [3.05, 3.63) is 16.2 Å². The molecule has 0 aliphatic carbocycles. The molecule has 2 aromatic rings. The number of anilines is 1. The first-order valence-electron chi connectivity index (χ1n) is 7.63. The highest BCUT2D eigenvalue weighted by Crippen LogP contribution is 2.36. The topological polar surface area (TPSA) is 128 Å². The third-order valence-corrected chi connectivity index (χ3v) is 4.49. The van der Waals surface area contributed by atoms with Crippen molar-refractivity contribution in [3.63, 3.8) is 0 Å². The maximum Gasteiger partial charge on any atom is 0.280 e. The molecular weight excluding hydrogens is 334 g/mol. The number of hydrogen-bond acceptors (Lipinski definition) is 8. The minimum absolute atomic E-state index is 0.00637. The van der Waals surface area contributed by atoms with E-state index in [9.17, 15) is 9.90 Å². The summed E-state index contributed by atoms with van der Waals surface area (Å²) in [7, 11) is 1.49. The van der Waals surface area contributed by atoms with Crippen LogP contribution in [-0.2, 0) is 9.47 Å². The molecule has 24 heavy (non-hydrogen) atoms. The van der Waals surface area contributed by atoms with Crippen molar-refractivity contribution >= 4 is 29.7 Å². The van der Waals surface area contributed by atoms with Crippen molar-refractivity contribution in [2.75, 3.05) is 18.6 Å². The number of thiol groups is 1. The van der Waals surface area contributed by atoms with Crippen LogP contribution < -0.4 is 11.3 Å². The number of aliphatic hydroxyl groups excluding tert-OH is 1. The lowest BCUT2D eigenvalue weighted by Gasteiger charge is -2.23. The van der Waals surface area contributed by atoms with Crippen molar-refractivity contribution in [2.24, 2.45) is 0 Å². The van der Waals surface area contributed by atoms with E-state index < -0.39 is 30.1 Å². The van der Waals surface area contributed by atoms with Gasteiger partial charge in [0.1, 0.15) is 18.0 Å². The Labute approximate surface area is 143 Å². The second kappa shape index (κ2) is 6.36. The van der Waals surface area contributed by atoms with Crippen LogP contribution in [0.4, 0.5) is 5.95 Å². The van der Waals surface area contributed by atoms with E-state index in [1.54, 1.807) is 4.57 Å². The number of aromatic amines is 1. The van der Waals surface area contributed by atoms with Gasteiger partial charge in [0.2, 0.25) is 5.95 Å². The number of nitrogens with zero attached hydrogens (tertiary/aromatic N) is 3. The monoisotopic (exact) mass is 355 g/mol. The van der Waals surface area contributed by atoms with Crippen LogP contribution in [0.25, 0.3) is 11.2 Å². The summed E-state index contributed by atoms with van der Waals surface area (Å²) >= 11 is 4.21. The SMILES string of the molecule is CO[C@@H]1[C@H](O)[C@@H](CS)O[C@H]1n1c(C(C)C)nc2c(=O)[nH]c(N)nc21. The standard InChI is InChI=1S/C14H21N5O4S/c1-5(2)10-16-7-11(17-14(15)18-12(7)21)19(10)13-9(22-3)8(20)6(4-24)23-13/h5-6,8-9,13,20,24H,4H2,1-3H3,(H3,15,17,18,21)/t6-,8-,9-,13-/m1/s1. The lowest BCUT2D eigenvalue weighted by atomic mass is 10.1. The maximum absolute atomic E-state index is 12.2. The number of nitrogens with one attached hydrogen (secondary N) is 1. The molecular formula is C14H21N5O4S. The van der Waals surface area contributed by atoms with Gasteiger partial charge in [-0.2, -0.15) is 17.6 Å². The highest BCUT2D eigenvalue weighted by molar-refractivity contribution is 7.80. The average Bonchev–Trinajstić information content (AvgIpc) is 3.04. The van der Waals surface area contributed by atoms with Gasteiger partial charge >= 0.3 is 0 Å². The number of imidazole rings is 1. The maximum atomic E-state index is 12.2. The van der Waals surface area contributed by atoms with Gasteiger partial charge in [-0.05, 0) is 0 Å². The Morgan fingerprint density at radius 2 is 2.21 bits per heavy atom. The van der Waals surface area contributed by atoms with E-state index in [0.717, 1.165) is 0 Å². The summed E-state index contributed by atoms with van der Waals surface area (Å²) in [6.45, 7) is 3.89. The molecule has 0 spiro atoms. The number of H-pyrrole nitrogens is 1. The van der Waals surface area contributed by atoms with Crippen LogP contribution in [0.1, 0.15) is 31.8 Å². The number of aromatic nitrogens is 4. The van der Waals surface area contributed by atoms with E-state index >= 15 is 0 Å². The quantitative estimate of drug-likeness (QED) is 0.570. The van der Waals surface area contributed by atoms with Gasteiger partial charge < -0.3 is 20.3 Å². The third kappa shape index (κ3) is 2.59. The first kappa shape index (κ1) is 17.2. The summed E-state index contributed by atoms with van der Waals surface area (Å²) < 4.78 is 13.0. The Balaban J connectivity index is 2.24. The summed E-state index contributed by atoms with van der Waals surface area (Å²) in [4.78, 5) is 23.2. The number of hydrogen-bond donors (Lipinski definition) is 4. The Hall–Kier alpha value is -1.62. The van der Waals surface area contributed by atoms with E-state index in [4.69, 9.17) is 15.2 Å². The van der Waals surface area contributed by atoms with E-state index in [0.29, 0.717) is 17.2 Å². The van der Waals surface area contributed by atoms with E-state index in [2.05, 4.69) is 27.6 Å². The molecule has 4 N–H and O–H groups in total. The molecule has 1 aliphatic heterocycles. The number of methoxy groups -OCH3 is 1. The lowest BCUT2D eigenvalue weighted by molar-refractivity contribution is -0.0483. The van der Waals surface area contributed by atoms with Gasteiger partial charge in [-0.1, -0.05) is 13.8 Å². The molecule has 0 amide bonds. The van der Waals surface area contributed by atoms with Gasteiger partial charge in [0.15, 0.2) is 17.4 Å². The summed E-state index contributed by atoms with van der Waals surface area (Å²) in [5.41, 5.74) is 5.74. The van der Waals surface area contributed by atoms with Crippen molar-refractivity contribution in [1.82, 2.24) is 19.5 Å². The molecule has 0 unspecified atom stereocenters. The summed E-state index contributed by atoms with van der Waals surface area (Å²) in [5, 5.41) is 10.4. The van der Waals surface area contributed by atoms with E-state index in [1.807, 2.05) is 13.8 Å². The number of fused-ring (bicyclic) bond motifs is 1. The number of rotatable bonds is 4. The van der Waals surface area contributed by atoms with Gasteiger partial charge in [-0.3, -0.25) is 14.3 Å². The first-order chi connectivity index (χ1) is 11.4. The predicted octanol–water partition coefficient (Wildman–Crippen LogP) is 0.0283. The fraction of sp³-hybridized carbons (Fsp3) is 0.643. The third-order valence-electron chi connectivity index (χ3n) is 4.13. The number of nitrogen functional groups attached to an aromatic ring is 1. The summed E-state index contributed by atoms with van der Waals surface area (Å²) in [6.07, 6.45) is -2.67. The molecule has 4 atom stereocenters. The Bertz CT molecular complexity index is 804. The largest absolute Gasteiger partial charge is 0.387 e. The van der Waals surface area contributed by atoms with Crippen LogP contribution in [-0.4, -0.2) is 55.8 Å².